The third-order valence-electron chi connectivity index (χ3n) is 5.31. The minimum Gasteiger partial charge on any atom is -0.508 e. The van der Waals surface area contributed by atoms with Crippen LogP contribution in [0.4, 0.5) is 0 Å². The van der Waals surface area contributed by atoms with Gasteiger partial charge in [-0.15, -0.1) is 0 Å². The van der Waals surface area contributed by atoms with E-state index in [4.69, 9.17) is 4.99 Å². The van der Waals surface area contributed by atoms with Crippen LogP contribution in [-0.2, 0) is 0 Å². The number of rotatable bonds is 3. The average molecular weight is 371 g/mol. The van der Waals surface area contributed by atoms with Crippen molar-refractivity contribution >= 4 is 5.84 Å². The summed E-state index contributed by atoms with van der Waals surface area (Å²) >= 11 is 0. The van der Waals surface area contributed by atoms with Gasteiger partial charge >= 0.3 is 0 Å². The topological polar surface area (TPSA) is 39.1 Å². The Morgan fingerprint density at radius 3 is 2.14 bits per heavy atom. The lowest BCUT2D eigenvalue weighted by atomic mass is 10.0. The number of benzene rings is 3. The van der Waals surface area contributed by atoms with Crippen molar-refractivity contribution < 1.29 is 5.11 Å². The zero-order valence-corrected chi connectivity index (χ0v) is 16.4. The minimum atomic E-state index is -0.140. The van der Waals surface area contributed by atoms with E-state index in [1.165, 1.54) is 0 Å². The van der Waals surface area contributed by atoms with Gasteiger partial charge in [0.1, 0.15) is 23.9 Å². The zero-order valence-electron chi connectivity index (χ0n) is 16.4. The molecule has 1 aliphatic rings. The van der Waals surface area contributed by atoms with Crippen LogP contribution in [0, 0.1) is 6.92 Å². The van der Waals surface area contributed by atoms with E-state index in [0.717, 1.165) is 28.1 Å². The summed E-state index contributed by atoms with van der Waals surface area (Å²) < 4.78 is 0. The van der Waals surface area contributed by atoms with Crippen LogP contribution in [0.5, 0.6) is 5.75 Å². The van der Waals surface area contributed by atoms with Crippen molar-refractivity contribution in [3.63, 3.8) is 0 Å². The predicted octanol–water partition coefficient (Wildman–Crippen LogP) is 4.72. The van der Waals surface area contributed by atoms with Crippen LogP contribution < -0.4 is 0 Å². The Morgan fingerprint density at radius 2 is 1.50 bits per heavy atom. The van der Waals surface area contributed by atoms with Crippen molar-refractivity contribution in [1.82, 2.24) is 9.80 Å². The number of hydrogen-bond donors (Lipinski definition) is 1. The number of aryl methyl sites for hydroxylation is 1. The van der Waals surface area contributed by atoms with Gasteiger partial charge in [-0.25, -0.2) is 4.99 Å². The molecule has 1 N–H and O–H groups in total. The van der Waals surface area contributed by atoms with Gasteiger partial charge in [-0.2, -0.15) is 0 Å². The first-order chi connectivity index (χ1) is 13.6. The maximum absolute atomic E-state index is 10.7. The van der Waals surface area contributed by atoms with Gasteiger partial charge in [0, 0.05) is 18.2 Å². The second-order valence-corrected chi connectivity index (χ2v) is 7.32. The Morgan fingerprint density at radius 1 is 0.857 bits per heavy atom. The second-order valence-electron chi connectivity index (χ2n) is 7.32. The summed E-state index contributed by atoms with van der Waals surface area (Å²) in [4.78, 5) is 9.43. The first-order valence-electron chi connectivity index (χ1n) is 9.48. The number of aliphatic imine (C=N–C) groups is 1. The summed E-state index contributed by atoms with van der Waals surface area (Å²) in [5.74, 6) is 1.22. The van der Waals surface area contributed by atoms with Gasteiger partial charge < -0.3 is 10.0 Å². The summed E-state index contributed by atoms with van der Waals surface area (Å²) in [5, 5.41) is 10.7. The van der Waals surface area contributed by atoms with E-state index in [9.17, 15) is 5.11 Å². The average Bonchev–Trinajstić information content (AvgIpc) is 2.71. The Hall–Kier alpha value is -3.11. The fourth-order valence-corrected chi connectivity index (χ4v) is 3.92. The quantitative estimate of drug-likeness (QED) is 0.724. The van der Waals surface area contributed by atoms with Gasteiger partial charge in [-0.3, -0.25) is 4.90 Å². The van der Waals surface area contributed by atoms with Gasteiger partial charge in [0.15, 0.2) is 0 Å². The fraction of sp³-hybridized carbons (Fsp3) is 0.208. The molecule has 2 atom stereocenters. The van der Waals surface area contributed by atoms with E-state index < -0.39 is 0 Å². The first kappa shape index (κ1) is 18.3. The summed E-state index contributed by atoms with van der Waals surface area (Å²) in [6.45, 7) is 1.99. The normalized spacial score (nSPS) is 20.1. The number of phenols is 1. The first-order valence-corrected chi connectivity index (χ1v) is 9.48. The third-order valence-corrected chi connectivity index (χ3v) is 5.31. The molecule has 142 valence electrons. The maximum Gasteiger partial charge on any atom is 0.134 e. The molecule has 4 heteroatoms. The molecule has 0 fully saturated rings. The summed E-state index contributed by atoms with van der Waals surface area (Å²) in [7, 11) is 4.09. The summed E-state index contributed by atoms with van der Waals surface area (Å²) in [6, 6.07) is 26.4. The highest BCUT2D eigenvalue weighted by Gasteiger charge is 2.36. The van der Waals surface area contributed by atoms with Crippen molar-refractivity contribution in [2.24, 2.45) is 4.99 Å². The maximum atomic E-state index is 10.7. The minimum absolute atomic E-state index is 0.140. The molecule has 0 saturated heterocycles. The molecule has 4 nitrogen and oxygen atoms in total. The Kier molecular flexibility index (Phi) is 4.88. The smallest absolute Gasteiger partial charge is 0.134 e. The van der Waals surface area contributed by atoms with Crippen LogP contribution in [-0.4, -0.2) is 34.8 Å². The van der Waals surface area contributed by atoms with E-state index >= 15 is 0 Å². The lowest BCUT2D eigenvalue weighted by molar-refractivity contribution is 0.0725. The SMILES string of the molecule is Cc1ccc(C2N(C)C(c3ccccc3)=NC(c3ccccc3)N2C)c(O)c1. The second kappa shape index (κ2) is 7.49. The molecule has 3 aromatic rings. The molecular formula is C24H25N3O. The van der Waals surface area contributed by atoms with Crippen LogP contribution in [0.1, 0.15) is 34.6 Å². The van der Waals surface area contributed by atoms with Gasteiger partial charge in [0.2, 0.25) is 0 Å². The van der Waals surface area contributed by atoms with E-state index in [-0.39, 0.29) is 12.3 Å². The lowest BCUT2D eigenvalue weighted by Crippen LogP contribution is -2.47. The van der Waals surface area contributed by atoms with Crippen LogP contribution >= 0.6 is 0 Å². The number of phenolic OH excluding ortho intramolecular Hbond substituents is 1. The number of amidine groups is 1. The van der Waals surface area contributed by atoms with E-state index in [1.54, 1.807) is 0 Å². The third kappa shape index (κ3) is 3.27. The standard InChI is InChI=1S/C24H25N3O/c1-17-14-15-20(21(28)16-17)24-26(2)22(18-10-6-4-7-11-18)25-23(27(24)3)19-12-8-5-9-13-19/h4-16,22,24,28H,1-3H3. The van der Waals surface area contributed by atoms with Gasteiger partial charge in [-0.05, 0) is 31.2 Å². The number of aromatic hydroxyl groups is 1. The Labute approximate surface area is 166 Å². The number of nitrogens with zero attached hydrogens (tertiary/aromatic N) is 3. The molecule has 28 heavy (non-hydrogen) atoms. The fourth-order valence-electron chi connectivity index (χ4n) is 3.92. The van der Waals surface area contributed by atoms with E-state index in [0.29, 0.717) is 5.75 Å². The molecular weight excluding hydrogens is 346 g/mol. The summed E-state index contributed by atoms with van der Waals surface area (Å²) in [6.07, 6.45) is -0.281. The molecule has 1 heterocycles. The zero-order chi connectivity index (χ0) is 19.7. The van der Waals surface area contributed by atoms with Crippen molar-refractivity contribution in [1.29, 1.82) is 0 Å². The molecule has 0 bridgehead atoms. The van der Waals surface area contributed by atoms with Crippen LogP contribution in [0.2, 0.25) is 0 Å². The van der Waals surface area contributed by atoms with Crippen LogP contribution in [0.3, 0.4) is 0 Å². The molecule has 0 aliphatic carbocycles. The summed E-state index contributed by atoms with van der Waals surface area (Å²) in [5.41, 5.74) is 4.11. The van der Waals surface area contributed by atoms with Crippen molar-refractivity contribution in [3.05, 3.63) is 101 Å². The molecule has 3 aromatic carbocycles. The van der Waals surface area contributed by atoms with E-state index in [2.05, 4.69) is 41.1 Å². The van der Waals surface area contributed by atoms with Crippen molar-refractivity contribution in [3.8, 4) is 5.75 Å². The van der Waals surface area contributed by atoms with Crippen LogP contribution in [0.15, 0.2) is 83.9 Å². The largest absolute Gasteiger partial charge is 0.508 e. The molecule has 0 saturated carbocycles. The highest BCUT2D eigenvalue weighted by molar-refractivity contribution is 5.99. The molecule has 4 rings (SSSR count). The van der Waals surface area contributed by atoms with Gasteiger partial charge in [0.05, 0.1) is 0 Å². The van der Waals surface area contributed by atoms with E-state index in [1.807, 2.05) is 68.6 Å². The van der Waals surface area contributed by atoms with Crippen molar-refractivity contribution in [2.75, 3.05) is 14.1 Å². The van der Waals surface area contributed by atoms with Gasteiger partial charge in [-0.1, -0.05) is 72.8 Å². The highest BCUT2D eigenvalue weighted by Crippen LogP contribution is 2.40. The van der Waals surface area contributed by atoms with Crippen LogP contribution in [0.25, 0.3) is 0 Å². The Bertz CT molecular complexity index is 985. The highest BCUT2D eigenvalue weighted by atomic mass is 16.3. The van der Waals surface area contributed by atoms with Crippen molar-refractivity contribution in [2.45, 2.75) is 19.3 Å². The number of hydrogen-bond acceptors (Lipinski definition) is 4. The molecule has 0 radical (unpaired) electrons. The lowest BCUT2D eigenvalue weighted by Gasteiger charge is -2.45. The molecule has 1 aliphatic heterocycles. The predicted molar refractivity (Wildman–Crippen MR) is 113 cm³/mol. The Balaban J connectivity index is 1.87. The monoisotopic (exact) mass is 371 g/mol. The molecule has 2 unspecified atom stereocenters. The van der Waals surface area contributed by atoms with Gasteiger partial charge in [0.25, 0.3) is 0 Å². The molecule has 0 aromatic heterocycles. The molecule has 0 amide bonds. The molecule has 0 spiro atoms.